The van der Waals surface area contributed by atoms with Crippen LogP contribution in [0.1, 0.15) is 36.2 Å². The number of aromatic carboxylic acids is 1. The van der Waals surface area contributed by atoms with Gasteiger partial charge in [0.25, 0.3) is 0 Å². The van der Waals surface area contributed by atoms with E-state index in [-0.39, 0.29) is 17.8 Å². The number of hydrogen-bond donors (Lipinski definition) is 1. The van der Waals surface area contributed by atoms with E-state index >= 15 is 0 Å². The smallest absolute Gasteiger partial charge is 0.371 e. The van der Waals surface area contributed by atoms with Crippen molar-refractivity contribution >= 4 is 5.97 Å². The van der Waals surface area contributed by atoms with Crippen molar-refractivity contribution in [2.45, 2.75) is 25.9 Å². The summed E-state index contributed by atoms with van der Waals surface area (Å²) in [4.78, 5) is 12.8. The zero-order valence-electron chi connectivity index (χ0n) is 10.6. The van der Waals surface area contributed by atoms with Crippen molar-refractivity contribution < 1.29 is 19.1 Å². The van der Waals surface area contributed by atoms with Crippen molar-refractivity contribution in [1.82, 2.24) is 4.90 Å². The largest absolute Gasteiger partial charge is 0.475 e. The summed E-state index contributed by atoms with van der Waals surface area (Å²) in [6.07, 6.45) is 0. The molecule has 96 valence electrons. The minimum atomic E-state index is -1.05. The van der Waals surface area contributed by atoms with E-state index in [0.29, 0.717) is 12.4 Å². The average molecular weight is 241 g/mol. The van der Waals surface area contributed by atoms with E-state index in [1.165, 1.54) is 6.07 Å². The highest BCUT2D eigenvalue weighted by atomic mass is 16.5. The lowest BCUT2D eigenvalue weighted by molar-refractivity contribution is 0.0646. The van der Waals surface area contributed by atoms with Crippen molar-refractivity contribution in [3.05, 3.63) is 23.7 Å². The number of carboxylic acids is 1. The van der Waals surface area contributed by atoms with Crippen LogP contribution in [0.25, 0.3) is 0 Å². The van der Waals surface area contributed by atoms with Crippen molar-refractivity contribution in [3.63, 3.8) is 0 Å². The number of rotatable bonds is 6. The van der Waals surface area contributed by atoms with E-state index in [4.69, 9.17) is 14.3 Å². The van der Waals surface area contributed by atoms with Crippen molar-refractivity contribution in [2.24, 2.45) is 0 Å². The highest BCUT2D eigenvalue weighted by molar-refractivity contribution is 5.84. The molecule has 1 rings (SSSR count). The quantitative estimate of drug-likeness (QED) is 0.825. The Kier molecular flexibility index (Phi) is 4.72. The van der Waals surface area contributed by atoms with Gasteiger partial charge in [-0.15, -0.1) is 0 Å². The van der Waals surface area contributed by atoms with Crippen molar-refractivity contribution in [3.8, 4) is 0 Å². The Morgan fingerprint density at radius 2 is 2.18 bits per heavy atom. The van der Waals surface area contributed by atoms with E-state index in [9.17, 15) is 4.79 Å². The molecule has 5 nitrogen and oxygen atoms in total. The molecule has 0 spiro atoms. The van der Waals surface area contributed by atoms with E-state index in [0.717, 1.165) is 0 Å². The van der Waals surface area contributed by atoms with Crippen LogP contribution in [0.15, 0.2) is 16.5 Å². The summed E-state index contributed by atoms with van der Waals surface area (Å²) in [6, 6.07) is 3.41. The maximum absolute atomic E-state index is 10.7. The maximum Gasteiger partial charge on any atom is 0.371 e. The molecular formula is C12H19NO4. The Hall–Kier alpha value is -1.33. The van der Waals surface area contributed by atoms with Crippen LogP contribution >= 0.6 is 0 Å². The van der Waals surface area contributed by atoms with Crippen molar-refractivity contribution in [1.29, 1.82) is 0 Å². The molecule has 2 atom stereocenters. The van der Waals surface area contributed by atoms with Gasteiger partial charge in [0.15, 0.2) is 0 Å². The summed E-state index contributed by atoms with van der Waals surface area (Å²) in [5.41, 5.74) is 0. The SMILES string of the molecule is COCC(C)N(C)C(C)c1ccc(C(=O)O)o1. The van der Waals surface area contributed by atoms with Gasteiger partial charge < -0.3 is 14.3 Å². The third-order valence-electron chi connectivity index (χ3n) is 2.96. The third-order valence-corrected chi connectivity index (χ3v) is 2.96. The van der Waals surface area contributed by atoms with E-state index in [1.807, 2.05) is 20.9 Å². The van der Waals surface area contributed by atoms with Gasteiger partial charge in [-0.05, 0) is 33.0 Å². The molecule has 1 aromatic heterocycles. The number of carboxylic acid groups (broad SMARTS) is 1. The predicted molar refractivity (Wildman–Crippen MR) is 63.2 cm³/mol. The van der Waals surface area contributed by atoms with Gasteiger partial charge in [-0.1, -0.05) is 0 Å². The molecule has 2 unspecified atom stereocenters. The zero-order chi connectivity index (χ0) is 13.0. The van der Waals surface area contributed by atoms with Gasteiger partial charge in [-0.3, -0.25) is 4.90 Å². The first-order valence-corrected chi connectivity index (χ1v) is 5.51. The topological polar surface area (TPSA) is 62.9 Å². The van der Waals surface area contributed by atoms with Gasteiger partial charge in [0, 0.05) is 13.2 Å². The summed E-state index contributed by atoms with van der Waals surface area (Å²) in [6.45, 7) is 4.63. The van der Waals surface area contributed by atoms with E-state index < -0.39 is 5.97 Å². The lowest BCUT2D eigenvalue weighted by Crippen LogP contribution is -2.34. The molecule has 1 N–H and O–H groups in total. The Labute approximate surface area is 101 Å². The van der Waals surface area contributed by atoms with Gasteiger partial charge >= 0.3 is 5.97 Å². The number of nitrogens with zero attached hydrogens (tertiary/aromatic N) is 1. The van der Waals surface area contributed by atoms with Crippen LogP contribution in [0.3, 0.4) is 0 Å². The standard InChI is InChI=1S/C12H19NO4/c1-8(7-16-4)13(3)9(2)10-5-6-11(17-10)12(14)15/h5-6,8-9H,7H2,1-4H3,(H,14,15). The predicted octanol–water partition coefficient (Wildman–Crippen LogP) is 2.01. The van der Waals surface area contributed by atoms with Crippen LogP contribution in [-0.2, 0) is 4.74 Å². The summed E-state index contributed by atoms with van der Waals surface area (Å²) >= 11 is 0. The molecule has 0 fully saturated rings. The first kappa shape index (κ1) is 13.7. The number of hydrogen-bond acceptors (Lipinski definition) is 4. The average Bonchev–Trinajstić information content (AvgIpc) is 2.76. The number of carbonyl (C=O) groups is 1. The van der Waals surface area contributed by atoms with Gasteiger partial charge in [-0.2, -0.15) is 0 Å². The third kappa shape index (κ3) is 3.31. The number of furan rings is 1. The molecule has 0 aliphatic heterocycles. The lowest BCUT2D eigenvalue weighted by atomic mass is 10.2. The van der Waals surface area contributed by atoms with Gasteiger partial charge in [0.1, 0.15) is 5.76 Å². The summed E-state index contributed by atoms with van der Waals surface area (Å²) in [5.74, 6) is -0.427. The van der Waals surface area contributed by atoms with Crippen LogP contribution in [0.4, 0.5) is 0 Å². The molecule has 0 bridgehead atoms. The van der Waals surface area contributed by atoms with Crippen LogP contribution in [0, 0.1) is 0 Å². The molecule has 1 aromatic rings. The minimum absolute atomic E-state index is 0.00764. The molecule has 0 aromatic carbocycles. The normalized spacial score (nSPS) is 14.9. The van der Waals surface area contributed by atoms with Crippen LogP contribution in [-0.4, -0.2) is 42.8 Å². The highest BCUT2D eigenvalue weighted by Crippen LogP contribution is 2.23. The monoisotopic (exact) mass is 241 g/mol. The maximum atomic E-state index is 10.7. The molecule has 0 amide bonds. The molecule has 17 heavy (non-hydrogen) atoms. The molecule has 0 radical (unpaired) electrons. The fraction of sp³-hybridized carbons (Fsp3) is 0.583. The minimum Gasteiger partial charge on any atom is -0.475 e. The Morgan fingerprint density at radius 3 is 2.65 bits per heavy atom. The molecule has 5 heteroatoms. The van der Waals surface area contributed by atoms with Gasteiger partial charge in [0.2, 0.25) is 5.76 Å². The molecule has 0 aliphatic rings. The lowest BCUT2D eigenvalue weighted by Gasteiger charge is -2.28. The summed E-state index contributed by atoms with van der Waals surface area (Å²) in [7, 11) is 3.61. The fourth-order valence-corrected chi connectivity index (χ4v) is 1.63. The number of likely N-dealkylation sites (N-methyl/N-ethyl adjacent to an activating group) is 1. The second-order valence-electron chi connectivity index (χ2n) is 4.15. The fourth-order valence-electron chi connectivity index (χ4n) is 1.63. The Bertz CT molecular complexity index is 374. The van der Waals surface area contributed by atoms with E-state index in [2.05, 4.69) is 4.90 Å². The summed E-state index contributed by atoms with van der Waals surface area (Å²) in [5, 5.41) is 8.78. The molecule has 0 saturated heterocycles. The second-order valence-corrected chi connectivity index (χ2v) is 4.15. The van der Waals surface area contributed by atoms with Crippen molar-refractivity contribution in [2.75, 3.05) is 20.8 Å². The second kappa shape index (κ2) is 5.84. The summed E-state index contributed by atoms with van der Waals surface area (Å²) < 4.78 is 10.4. The molecule has 0 aliphatic carbocycles. The number of ether oxygens (including phenoxy) is 1. The highest BCUT2D eigenvalue weighted by Gasteiger charge is 2.21. The molecule has 1 heterocycles. The first-order valence-electron chi connectivity index (χ1n) is 5.51. The Morgan fingerprint density at radius 1 is 1.53 bits per heavy atom. The van der Waals surface area contributed by atoms with Crippen LogP contribution < -0.4 is 0 Å². The molecular weight excluding hydrogens is 222 g/mol. The number of methoxy groups -OCH3 is 1. The Balaban J connectivity index is 2.73. The first-order chi connectivity index (χ1) is 7.97. The molecule has 0 saturated carbocycles. The van der Waals surface area contributed by atoms with Gasteiger partial charge in [0.05, 0.1) is 12.6 Å². The van der Waals surface area contributed by atoms with E-state index in [1.54, 1.807) is 13.2 Å². The van der Waals surface area contributed by atoms with Gasteiger partial charge in [-0.25, -0.2) is 4.79 Å². The zero-order valence-corrected chi connectivity index (χ0v) is 10.6. The van der Waals surface area contributed by atoms with Crippen LogP contribution in [0.5, 0.6) is 0 Å². The van der Waals surface area contributed by atoms with Crippen LogP contribution in [0.2, 0.25) is 0 Å².